The molecule has 0 aliphatic carbocycles. The van der Waals surface area contributed by atoms with Gasteiger partial charge < -0.3 is 5.11 Å². The summed E-state index contributed by atoms with van der Waals surface area (Å²) >= 11 is 7.69. The summed E-state index contributed by atoms with van der Waals surface area (Å²) in [6, 6.07) is 2.26. The number of fused-ring (bicyclic) bond motifs is 1. The van der Waals surface area contributed by atoms with Crippen molar-refractivity contribution in [2.45, 2.75) is 26.4 Å². The van der Waals surface area contributed by atoms with Crippen LogP contribution in [0.2, 0.25) is 5.15 Å². The monoisotopic (exact) mass is 285 g/mol. The number of aliphatic hydroxyl groups excluding tert-OH is 1. The summed E-state index contributed by atoms with van der Waals surface area (Å²) in [5.74, 6) is 0.706. The second-order valence-corrected chi connectivity index (χ2v) is 5.61. The smallest absolute Gasteiger partial charge is 0.145 e. The number of rotatable bonds is 5. The van der Waals surface area contributed by atoms with Gasteiger partial charge in [-0.1, -0.05) is 11.6 Å². The molecule has 0 unspecified atom stereocenters. The van der Waals surface area contributed by atoms with E-state index in [2.05, 4.69) is 28.7 Å². The molecule has 1 N–H and O–H groups in total. The zero-order chi connectivity index (χ0) is 13.1. The summed E-state index contributed by atoms with van der Waals surface area (Å²) in [4.78, 5) is 11.8. The van der Waals surface area contributed by atoms with Gasteiger partial charge in [0, 0.05) is 18.0 Å². The SMILES string of the molecule is CC(C)N(CCO)Cc1nc(Cl)c2ccsc2n1. The first-order valence-corrected chi connectivity index (χ1v) is 7.12. The average Bonchev–Trinajstić information content (AvgIpc) is 2.77. The molecule has 0 amide bonds. The second kappa shape index (κ2) is 5.93. The van der Waals surface area contributed by atoms with E-state index in [0.29, 0.717) is 30.1 Å². The number of aromatic nitrogens is 2. The minimum Gasteiger partial charge on any atom is -0.395 e. The summed E-state index contributed by atoms with van der Waals surface area (Å²) in [5.41, 5.74) is 0. The average molecular weight is 286 g/mol. The summed E-state index contributed by atoms with van der Waals surface area (Å²) in [6.45, 7) is 5.52. The van der Waals surface area contributed by atoms with Crippen molar-refractivity contribution < 1.29 is 5.11 Å². The van der Waals surface area contributed by atoms with Gasteiger partial charge in [-0.05, 0) is 25.3 Å². The largest absolute Gasteiger partial charge is 0.395 e. The topological polar surface area (TPSA) is 49.2 Å². The van der Waals surface area contributed by atoms with E-state index in [1.165, 1.54) is 0 Å². The van der Waals surface area contributed by atoms with E-state index in [1.54, 1.807) is 11.3 Å². The first-order chi connectivity index (χ1) is 8.61. The van der Waals surface area contributed by atoms with Gasteiger partial charge in [0.05, 0.1) is 13.2 Å². The predicted molar refractivity (Wildman–Crippen MR) is 75.1 cm³/mol. The molecule has 2 aromatic rings. The van der Waals surface area contributed by atoms with Crippen LogP contribution in [-0.2, 0) is 6.54 Å². The fraction of sp³-hybridized carbons (Fsp3) is 0.500. The molecule has 0 aliphatic rings. The van der Waals surface area contributed by atoms with Gasteiger partial charge in [-0.3, -0.25) is 4.90 Å². The van der Waals surface area contributed by atoms with E-state index in [0.717, 1.165) is 10.2 Å². The predicted octanol–water partition coefficient (Wildman–Crippen LogP) is 2.55. The highest BCUT2D eigenvalue weighted by Gasteiger charge is 2.13. The number of thiophene rings is 1. The minimum atomic E-state index is 0.132. The Morgan fingerprint density at radius 3 is 2.89 bits per heavy atom. The van der Waals surface area contributed by atoms with Crippen molar-refractivity contribution in [3.05, 3.63) is 22.4 Å². The van der Waals surface area contributed by atoms with Gasteiger partial charge in [0.25, 0.3) is 0 Å². The molecule has 0 saturated carbocycles. The molecule has 0 aromatic carbocycles. The fourth-order valence-electron chi connectivity index (χ4n) is 1.76. The van der Waals surface area contributed by atoms with Gasteiger partial charge in [0.15, 0.2) is 0 Å². The van der Waals surface area contributed by atoms with Gasteiger partial charge in [0.2, 0.25) is 0 Å². The second-order valence-electron chi connectivity index (χ2n) is 4.36. The summed E-state index contributed by atoms with van der Waals surface area (Å²) in [7, 11) is 0. The fourth-order valence-corrected chi connectivity index (χ4v) is 2.85. The summed E-state index contributed by atoms with van der Waals surface area (Å²) < 4.78 is 0. The lowest BCUT2D eigenvalue weighted by Gasteiger charge is -2.24. The van der Waals surface area contributed by atoms with Crippen LogP contribution in [0, 0.1) is 0 Å². The molecule has 98 valence electrons. The Balaban J connectivity index is 2.24. The zero-order valence-corrected chi connectivity index (χ0v) is 12.0. The van der Waals surface area contributed by atoms with E-state index in [-0.39, 0.29) is 6.61 Å². The quantitative estimate of drug-likeness (QED) is 0.858. The lowest BCUT2D eigenvalue weighted by Crippen LogP contribution is -2.33. The molecule has 0 atom stereocenters. The molecule has 0 radical (unpaired) electrons. The number of aliphatic hydroxyl groups is 1. The number of hydrogen-bond donors (Lipinski definition) is 1. The van der Waals surface area contributed by atoms with Crippen LogP contribution in [0.5, 0.6) is 0 Å². The lowest BCUT2D eigenvalue weighted by molar-refractivity contribution is 0.156. The highest BCUT2D eigenvalue weighted by atomic mass is 35.5. The molecule has 0 fully saturated rings. The highest BCUT2D eigenvalue weighted by molar-refractivity contribution is 7.16. The third kappa shape index (κ3) is 2.98. The minimum absolute atomic E-state index is 0.132. The van der Waals surface area contributed by atoms with Crippen molar-refractivity contribution in [2.24, 2.45) is 0 Å². The Labute approximate surface area is 115 Å². The van der Waals surface area contributed by atoms with E-state index >= 15 is 0 Å². The third-order valence-corrected chi connectivity index (χ3v) is 3.88. The van der Waals surface area contributed by atoms with Gasteiger partial charge >= 0.3 is 0 Å². The number of nitrogens with zero attached hydrogens (tertiary/aromatic N) is 3. The van der Waals surface area contributed by atoms with Crippen molar-refractivity contribution in [3.8, 4) is 0 Å². The standard InChI is InChI=1S/C12H16ClN3OS/c1-8(2)16(4-5-17)7-10-14-11(13)9-3-6-18-12(9)15-10/h3,6,8,17H,4-5,7H2,1-2H3. The Kier molecular flexibility index (Phi) is 4.50. The third-order valence-electron chi connectivity index (χ3n) is 2.79. The van der Waals surface area contributed by atoms with E-state index < -0.39 is 0 Å². The maximum Gasteiger partial charge on any atom is 0.145 e. The van der Waals surface area contributed by atoms with Crippen molar-refractivity contribution >= 4 is 33.2 Å². The molecule has 0 bridgehead atoms. The Morgan fingerprint density at radius 2 is 2.22 bits per heavy atom. The van der Waals surface area contributed by atoms with Crippen molar-refractivity contribution in [2.75, 3.05) is 13.2 Å². The van der Waals surface area contributed by atoms with Crippen molar-refractivity contribution in [1.29, 1.82) is 0 Å². The molecule has 0 spiro atoms. The normalized spacial score (nSPS) is 11.9. The van der Waals surface area contributed by atoms with Crippen molar-refractivity contribution in [1.82, 2.24) is 14.9 Å². The van der Waals surface area contributed by atoms with Crippen LogP contribution in [0.3, 0.4) is 0 Å². The zero-order valence-electron chi connectivity index (χ0n) is 10.4. The van der Waals surface area contributed by atoms with Crippen LogP contribution in [0.1, 0.15) is 19.7 Å². The first kappa shape index (κ1) is 13.7. The van der Waals surface area contributed by atoms with Gasteiger partial charge in [-0.15, -0.1) is 11.3 Å². The van der Waals surface area contributed by atoms with Crippen LogP contribution >= 0.6 is 22.9 Å². The number of hydrogen-bond acceptors (Lipinski definition) is 5. The Hall–Kier alpha value is -0.750. The number of halogens is 1. The van der Waals surface area contributed by atoms with Gasteiger partial charge in [0.1, 0.15) is 15.8 Å². The highest BCUT2D eigenvalue weighted by Crippen LogP contribution is 2.25. The first-order valence-electron chi connectivity index (χ1n) is 5.86. The molecular formula is C12H16ClN3OS. The molecular weight excluding hydrogens is 270 g/mol. The van der Waals surface area contributed by atoms with Gasteiger partial charge in [-0.2, -0.15) is 0 Å². The molecule has 18 heavy (non-hydrogen) atoms. The van der Waals surface area contributed by atoms with Gasteiger partial charge in [-0.25, -0.2) is 9.97 Å². The molecule has 6 heteroatoms. The maximum absolute atomic E-state index is 9.05. The van der Waals surface area contributed by atoms with Crippen LogP contribution in [-0.4, -0.2) is 39.2 Å². The van der Waals surface area contributed by atoms with Crippen LogP contribution in [0.25, 0.3) is 10.2 Å². The van der Waals surface area contributed by atoms with Crippen LogP contribution in [0.15, 0.2) is 11.4 Å². The van der Waals surface area contributed by atoms with Crippen molar-refractivity contribution in [3.63, 3.8) is 0 Å². The lowest BCUT2D eigenvalue weighted by atomic mass is 10.3. The molecule has 2 aromatic heterocycles. The van der Waals surface area contributed by atoms with Crippen LogP contribution < -0.4 is 0 Å². The molecule has 4 nitrogen and oxygen atoms in total. The van der Waals surface area contributed by atoms with E-state index in [1.807, 2.05) is 11.4 Å². The Bertz CT molecular complexity index is 529. The summed E-state index contributed by atoms with van der Waals surface area (Å²) in [5, 5.41) is 12.4. The Morgan fingerprint density at radius 1 is 1.44 bits per heavy atom. The molecule has 2 heterocycles. The molecule has 0 saturated heterocycles. The molecule has 0 aliphatic heterocycles. The maximum atomic E-state index is 9.05. The van der Waals surface area contributed by atoms with Crippen LogP contribution in [0.4, 0.5) is 0 Å². The van der Waals surface area contributed by atoms with E-state index in [4.69, 9.17) is 16.7 Å². The molecule has 2 rings (SSSR count). The van der Waals surface area contributed by atoms with E-state index in [9.17, 15) is 0 Å². The summed E-state index contributed by atoms with van der Waals surface area (Å²) in [6.07, 6.45) is 0.